The van der Waals surface area contributed by atoms with Gasteiger partial charge in [-0.15, -0.1) is 0 Å². The van der Waals surface area contributed by atoms with Crippen molar-refractivity contribution in [3.8, 4) is 17.0 Å². The van der Waals surface area contributed by atoms with Gasteiger partial charge in [-0.1, -0.05) is 0 Å². The lowest BCUT2D eigenvalue weighted by Crippen LogP contribution is -1.93. The van der Waals surface area contributed by atoms with Crippen molar-refractivity contribution in [1.82, 2.24) is 4.98 Å². The van der Waals surface area contributed by atoms with E-state index in [4.69, 9.17) is 4.74 Å². The van der Waals surface area contributed by atoms with E-state index < -0.39 is 11.6 Å². The molecule has 1 N–H and O–H groups in total. The first kappa shape index (κ1) is 9.71. The zero-order chi connectivity index (χ0) is 10.8. The molecule has 0 spiro atoms. The summed E-state index contributed by atoms with van der Waals surface area (Å²) >= 11 is 0. The van der Waals surface area contributed by atoms with Crippen LogP contribution in [-0.2, 0) is 0 Å². The molecule has 0 saturated carbocycles. The van der Waals surface area contributed by atoms with Gasteiger partial charge in [0.25, 0.3) is 0 Å². The van der Waals surface area contributed by atoms with Crippen molar-refractivity contribution in [1.29, 1.82) is 0 Å². The summed E-state index contributed by atoms with van der Waals surface area (Å²) in [7, 11) is 1.35. The molecule has 2 aromatic rings. The predicted octanol–water partition coefficient (Wildman–Crippen LogP) is 2.97. The molecule has 0 aliphatic carbocycles. The maximum absolute atomic E-state index is 13.3. The Hall–Kier alpha value is -1.84. The van der Waals surface area contributed by atoms with Gasteiger partial charge in [0.15, 0.2) is 11.6 Å². The largest absolute Gasteiger partial charge is 0.493 e. The van der Waals surface area contributed by atoms with Crippen molar-refractivity contribution in [2.24, 2.45) is 0 Å². The third kappa shape index (κ3) is 1.70. The molecule has 0 radical (unpaired) electrons. The summed E-state index contributed by atoms with van der Waals surface area (Å²) in [6.07, 6.45) is 1.68. The van der Waals surface area contributed by atoms with Crippen LogP contribution in [0.5, 0.6) is 5.75 Å². The summed E-state index contributed by atoms with van der Waals surface area (Å²) in [5.41, 5.74) is 0.991. The molecule has 4 heteroatoms. The number of aromatic nitrogens is 1. The molecule has 0 saturated heterocycles. The Morgan fingerprint density at radius 2 is 2.07 bits per heavy atom. The lowest BCUT2D eigenvalue weighted by molar-refractivity contribution is 0.386. The molecular weight excluding hydrogens is 200 g/mol. The molecule has 1 aromatic heterocycles. The second-order valence-electron chi connectivity index (χ2n) is 3.05. The highest BCUT2D eigenvalue weighted by atomic mass is 19.1. The van der Waals surface area contributed by atoms with Crippen LogP contribution in [0.25, 0.3) is 11.3 Å². The number of rotatable bonds is 2. The van der Waals surface area contributed by atoms with Crippen molar-refractivity contribution in [2.45, 2.75) is 0 Å². The number of methoxy groups -OCH3 is 1. The summed E-state index contributed by atoms with van der Waals surface area (Å²) in [5, 5.41) is 0. The predicted molar refractivity (Wildman–Crippen MR) is 52.7 cm³/mol. The second-order valence-corrected chi connectivity index (χ2v) is 3.05. The molecule has 0 atom stereocenters. The number of hydrogen-bond donors (Lipinski definition) is 1. The fraction of sp³-hybridized carbons (Fsp3) is 0.0909. The van der Waals surface area contributed by atoms with Crippen LogP contribution in [0.3, 0.4) is 0 Å². The Morgan fingerprint density at radius 1 is 1.27 bits per heavy atom. The molecule has 1 heterocycles. The minimum Gasteiger partial charge on any atom is -0.493 e. The van der Waals surface area contributed by atoms with Crippen molar-refractivity contribution >= 4 is 0 Å². The van der Waals surface area contributed by atoms with Gasteiger partial charge >= 0.3 is 0 Å². The van der Waals surface area contributed by atoms with Gasteiger partial charge in [-0.3, -0.25) is 0 Å². The normalized spacial score (nSPS) is 10.3. The molecule has 0 amide bonds. The number of halogens is 2. The highest BCUT2D eigenvalue weighted by Gasteiger charge is 2.13. The third-order valence-corrected chi connectivity index (χ3v) is 2.10. The fourth-order valence-corrected chi connectivity index (χ4v) is 1.47. The maximum Gasteiger partial charge on any atom is 0.168 e. The molecule has 0 fully saturated rings. The standard InChI is InChI=1S/C11H9F2NO/c1-15-11-8(10-3-2-4-14-10)5-7(12)6-9(11)13/h2-6,14H,1H3. The quantitative estimate of drug-likeness (QED) is 0.808. The number of H-pyrrole nitrogens is 1. The van der Waals surface area contributed by atoms with E-state index in [0.717, 1.165) is 6.07 Å². The third-order valence-electron chi connectivity index (χ3n) is 2.10. The number of nitrogens with one attached hydrogen (secondary N) is 1. The van der Waals surface area contributed by atoms with E-state index >= 15 is 0 Å². The summed E-state index contributed by atoms with van der Waals surface area (Å²) in [6.45, 7) is 0. The van der Waals surface area contributed by atoms with Crippen LogP contribution < -0.4 is 4.74 Å². The molecule has 2 nitrogen and oxygen atoms in total. The fourth-order valence-electron chi connectivity index (χ4n) is 1.47. The first-order valence-electron chi connectivity index (χ1n) is 4.39. The van der Waals surface area contributed by atoms with Gasteiger partial charge in [-0.25, -0.2) is 8.78 Å². The SMILES string of the molecule is COc1c(F)cc(F)cc1-c1ccc[nH]1. The zero-order valence-corrected chi connectivity index (χ0v) is 8.05. The van der Waals surface area contributed by atoms with Gasteiger partial charge in [-0.05, 0) is 18.2 Å². The molecule has 78 valence electrons. The lowest BCUT2D eigenvalue weighted by Gasteiger charge is -2.08. The van der Waals surface area contributed by atoms with Crippen molar-refractivity contribution in [2.75, 3.05) is 7.11 Å². The summed E-state index contributed by atoms with van der Waals surface area (Å²) in [4.78, 5) is 2.87. The van der Waals surface area contributed by atoms with E-state index in [1.165, 1.54) is 13.2 Å². The number of hydrogen-bond acceptors (Lipinski definition) is 1. The molecule has 0 unspecified atom stereocenters. The van der Waals surface area contributed by atoms with E-state index in [1.807, 2.05) is 0 Å². The molecule has 0 aliphatic rings. The molecule has 1 aromatic carbocycles. The average molecular weight is 209 g/mol. The Balaban J connectivity index is 2.64. The summed E-state index contributed by atoms with van der Waals surface area (Å²) in [6, 6.07) is 5.49. The van der Waals surface area contributed by atoms with Crippen molar-refractivity contribution in [3.63, 3.8) is 0 Å². The topological polar surface area (TPSA) is 25.0 Å². The van der Waals surface area contributed by atoms with E-state index in [0.29, 0.717) is 11.3 Å². The lowest BCUT2D eigenvalue weighted by atomic mass is 10.1. The zero-order valence-electron chi connectivity index (χ0n) is 8.05. The molecule has 15 heavy (non-hydrogen) atoms. The molecular formula is C11H9F2NO. The van der Waals surface area contributed by atoms with Crippen LogP contribution in [0, 0.1) is 11.6 Å². The van der Waals surface area contributed by atoms with E-state index in [-0.39, 0.29) is 5.75 Å². The van der Waals surface area contributed by atoms with E-state index in [9.17, 15) is 8.78 Å². The Bertz CT molecular complexity index is 466. The minimum absolute atomic E-state index is 0.0406. The van der Waals surface area contributed by atoms with E-state index in [2.05, 4.69) is 4.98 Å². The van der Waals surface area contributed by atoms with Gasteiger partial charge in [-0.2, -0.15) is 0 Å². The van der Waals surface area contributed by atoms with Crippen molar-refractivity contribution in [3.05, 3.63) is 42.1 Å². The van der Waals surface area contributed by atoms with Crippen molar-refractivity contribution < 1.29 is 13.5 Å². The van der Waals surface area contributed by atoms with Crippen LogP contribution in [0.4, 0.5) is 8.78 Å². The van der Waals surface area contributed by atoms with Crippen LogP contribution in [-0.4, -0.2) is 12.1 Å². The summed E-state index contributed by atoms with van der Waals surface area (Å²) < 4.78 is 31.2. The smallest absolute Gasteiger partial charge is 0.168 e. The first-order valence-corrected chi connectivity index (χ1v) is 4.39. The van der Waals surface area contributed by atoms with Gasteiger partial charge in [0.2, 0.25) is 0 Å². The number of aromatic amines is 1. The highest BCUT2D eigenvalue weighted by Crippen LogP contribution is 2.32. The van der Waals surface area contributed by atoms with Crippen LogP contribution in [0.1, 0.15) is 0 Å². The van der Waals surface area contributed by atoms with Gasteiger partial charge in [0.05, 0.1) is 7.11 Å². The average Bonchev–Trinajstić information content (AvgIpc) is 2.69. The summed E-state index contributed by atoms with van der Waals surface area (Å²) in [5.74, 6) is -1.29. The molecule has 0 aliphatic heterocycles. The Morgan fingerprint density at radius 3 is 2.67 bits per heavy atom. The Labute approximate surface area is 85.5 Å². The molecule has 2 rings (SSSR count). The van der Waals surface area contributed by atoms with Crippen LogP contribution in [0.2, 0.25) is 0 Å². The van der Waals surface area contributed by atoms with Crippen LogP contribution >= 0.6 is 0 Å². The first-order chi connectivity index (χ1) is 7.22. The number of benzene rings is 1. The second kappa shape index (κ2) is 3.73. The van der Waals surface area contributed by atoms with E-state index in [1.54, 1.807) is 18.3 Å². The Kier molecular flexibility index (Phi) is 2.41. The minimum atomic E-state index is -0.706. The number of ether oxygens (including phenoxy) is 1. The maximum atomic E-state index is 13.3. The monoisotopic (exact) mass is 209 g/mol. The van der Waals surface area contributed by atoms with Gasteiger partial charge < -0.3 is 9.72 Å². The van der Waals surface area contributed by atoms with Crippen LogP contribution in [0.15, 0.2) is 30.5 Å². The highest BCUT2D eigenvalue weighted by molar-refractivity contribution is 5.67. The molecule has 0 bridgehead atoms. The van der Waals surface area contributed by atoms with Gasteiger partial charge in [0.1, 0.15) is 5.82 Å². The van der Waals surface area contributed by atoms with Gasteiger partial charge in [0, 0.05) is 23.5 Å².